The zero-order valence-corrected chi connectivity index (χ0v) is 20.0. The van der Waals surface area contributed by atoms with Gasteiger partial charge in [0.25, 0.3) is 11.8 Å². The minimum absolute atomic E-state index is 0.0448. The van der Waals surface area contributed by atoms with Gasteiger partial charge in [0, 0.05) is 24.5 Å². The molecule has 34 heavy (non-hydrogen) atoms. The van der Waals surface area contributed by atoms with Gasteiger partial charge < -0.3 is 15.5 Å². The van der Waals surface area contributed by atoms with E-state index in [1.807, 2.05) is 18.9 Å². The van der Waals surface area contributed by atoms with Gasteiger partial charge in [0.05, 0.1) is 22.8 Å². The fourth-order valence-electron chi connectivity index (χ4n) is 3.05. The SMILES string of the molecule is CCN(C)CC(=O)N(C)c1ccc(C(=O)Nc2ccccc2C(=O)Nc2ccc(Cl)cn2)cc1. The number of hydrogen-bond donors (Lipinski definition) is 2. The molecule has 3 rings (SSSR count). The molecular formula is C25H26ClN5O3. The van der Waals surface area contributed by atoms with Gasteiger partial charge in [0.1, 0.15) is 5.82 Å². The lowest BCUT2D eigenvalue weighted by Crippen LogP contribution is -2.36. The first-order chi connectivity index (χ1) is 16.3. The van der Waals surface area contributed by atoms with Crippen LogP contribution in [0.25, 0.3) is 0 Å². The second-order valence-corrected chi connectivity index (χ2v) is 8.08. The molecule has 3 amide bonds. The lowest BCUT2D eigenvalue weighted by molar-refractivity contribution is -0.119. The molecule has 0 bridgehead atoms. The van der Waals surface area contributed by atoms with Gasteiger partial charge in [0.2, 0.25) is 5.91 Å². The summed E-state index contributed by atoms with van der Waals surface area (Å²) in [4.78, 5) is 45.5. The summed E-state index contributed by atoms with van der Waals surface area (Å²) >= 11 is 5.83. The summed E-state index contributed by atoms with van der Waals surface area (Å²) < 4.78 is 0. The van der Waals surface area contributed by atoms with Gasteiger partial charge in [-0.3, -0.25) is 19.3 Å². The summed E-state index contributed by atoms with van der Waals surface area (Å²) in [6.45, 7) is 3.06. The lowest BCUT2D eigenvalue weighted by Gasteiger charge is -2.21. The Hall–Kier alpha value is -3.75. The number of para-hydroxylation sites is 1. The molecule has 0 saturated carbocycles. The van der Waals surface area contributed by atoms with Crippen LogP contribution in [0.2, 0.25) is 5.02 Å². The Bertz CT molecular complexity index is 1170. The molecule has 0 atom stereocenters. The Morgan fingerprint density at radius 2 is 1.62 bits per heavy atom. The van der Waals surface area contributed by atoms with Crippen molar-refractivity contribution in [1.29, 1.82) is 0 Å². The number of rotatable bonds is 8. The van der Waals surface area contributed by atoms with E-state index in [0.717, 1.165) is 6.54 Å². The molecule has 1 aromatic heterocycles. The van der Waals surface area contributed by atoms with E-state index in [1.165, 1.54) is 6.20 Å². The van der Waals surface area contributed by atoms with E-state index in [9.17, 15) is 14.4 Å². The Morgan fingerprint density at radius 3 is 2.26 bits per heavy atom. The number of carbonyl (C=O) groups excluding carboxylic acids is 3. The van der Waals surface area contributed by atoms with Crippen LogP contribution < -0.4 is 15.5 Å². The van der Waals surface area contributed by atoms with Gasteiger partial charge in [-0.15, -0.1) is 0 Å². The largest absolute Gasteiger partial charge is 0.321 e. The number of nitrogens with zero attached hydrogens (tertiary/aromatic N) is 3. The molecule has 9 heteroatoms. The first-order valence-corrected chi connectivity index (χ1v) is 11.0. The van der Waals surface area contributed by atoms with Crippen LogP contribution in [0, 0.1) is 0 Å². The molecule has 8 nitrogen and oxygen atoms in total. The van der Waals surface area contributed by atoms with E-state index in [4.69, 9.17) is 11.6 Å². The number of nitrogens with one attached hydrogen (secondary N) is 2. The molecule has 176 valence electrons. The second kappa shape index (κ2) is 11.4. The van der Waals surface area contributed by atoms with Crippen molar-refractivity contribution in [2.75, 3.05) is 42.7 Å². The Kier molecular flexibility index (Phi) is 8.34. The van der Waals surface area contributed by atoms with Crippen molar-refractivity contribution in [1.82, 2.24) is 9.88 Å². The van der Waals surface area contributed by atoms with Crippen LogP contribution in [-0.2, 0) is 4.79 Å². The van der Waals surface area contributed by atoms with Gasteiger partial charge in [-0.25, -0.2) is 4.98 Å². The number of carbonyl (C=O) groups is 3. The third-order valence-corrected chi connectivity index (χ3v) is 5.45. The van der Waals surface area contributed by atoms with E-state index in [2.05, 4.69) is 15.6 Å². The molecule has 0 aliphatic heterocycles. The number of aromatic nitrogens is 1. The number of likely N-dealkylation sites (N-methyl/N-ethyl adjacent to an activating group) is 2. The average Bonchev–Trinajstić information content (AvgIpc) is 2.85. The van der Waals surface area contributed by atoms with Crippen molar-refractivity contribution in [3.8, 4) is 0 Å². The Balaban J connectivity index is 1.69. The number of hydrogen-bond acceptors (Lipinski definition) is 5. The first kappa shape index (κ1) is 24.9. The highest BCUT2D eigenvalue weighted by Gasteiger charge is 2.16. The highest BCUT2D eigenvalue weighted by atomic mass is 35.5. The molecule has 0 unspecified atom stereocenters. The van der Waals surface area contributed by atoms with E-state index in [-0.39, 0.29) is 17.4 Å². The highest BCUT2D eigenvalue weighted by Crippen LogP contribution is 2.20. The smallest absolute Gasteiger partial charge is 0.258 e. The van der Waals surface area contributed by atoms with Gasteiger partial charge in [0.15, 0.2) is 0 Å². The van der Waals surface area contributed by atoms with Crippen LogP contribution in [0.1, 0.15) is 27.6 Å². The molecule has 3 aromatic rings. The first-order valence-electron chi connectivity index (χ1n) is 10.7. The van der Waals surface area contributed by atoms with Crippen LogP contribution >= 0.6 is 11.6 Å². The van der Waals surface area contributed by atoms with E-state index < -0.39 is 5.91 Å². The average molecular weight is 480 g/mol. The molecule has 0 radical (unpaired) electrons. The van der Waals surface area contributed by atoms with Crippen molar-refractivity contribution in [3.63, 3.8) is 0 Å². The minimum atomic E-state index is -0.418. The van der Waals surface area contributed by atoms with Gasteiger partial charge in [-0.1, -0.05) is 30.7 Å². The second-order valence-electron chi connectivity index (χ2n) is 7.65. The van der Waals surface area contributed by atoms with Crippen molar-refractivity contribution in [3.05, 3.63) is 83.0 Å². The number of anilines is 3. The van der Waals surface area contributed by atoms with Crippen LogP contribution in [0.5, 0.6) is 0 Å². The molecular weight excluding hydrogens is 454 g/mol. The van der Waals surface area contributed by atoms with Crippen molar-refractivity contribution < 1.29 is 14.4 Å². The van der Waals surface area contributed by atoms with Crippen LogP contribution in [-0.4, -0.2) is 54.8 Å². The van der Waals surface area contributed by atoms with Crippen molar-refractivity contribution in [2.45, 2.75) is 6.92 Å². The summed E-state index contributed by atoms with van der Waals surface area (Å²) in [5.74, 6) is -0.499. The Morgan fingerprint density at radius 1 is 0.912 bits per heavy atom. The summed E-state index contributed by atoms with van der Waals surface area (Å²) in [5, 5.41) is 5.92. The molecule has 0 saturated heterocycles. The normalized spacial score (nSPS) is 10.6. The molecule has 0 fully saturated rings. The van der Waals surface area contributed by atoms with Crippen LogP contribution in [0.3, 0.4) is 0 Å². The summed E-state index contributed by atoms with van der Waals surface area (Å²) in [6.07, 6.45) is 1.43. The summed E-state index contributed by atoms with van der Waals surface area (Å²) in [5.41, 5.74) is 1.72. The molecule has 0 aliphatic carbocycles. The van der Waals surface area contributed by atoms with Crippen molar-refractivity contribution in [2.24, 2.45) is 0 Å². The standard InChI is InChI=1S/C25H26ClN5O3/c1-4-30(2)16-23(32)31(3)19-12-9-17(10-13-19)24(33)28-21-8-6-5-7-20(21)25(34)29-22-14-11-18(26)15-27-22/h5-15H,4,16H2,1-3H3,(H,28,33)(H,27,29,34). The monoisotopic (exact) mass is 479 g/mol. The fraction of sp³-hybridized carbons (Fsp3) is 0.200. The molecule has 2 N–H and O–H groups in total. The molecule has 2 aromatic carbocycles. The third-order valence-electron chi connectivity index (χ3n) is 5.22. The Labute approximate surface area is 203 Å². The third kappa shape index (κ3) is 6.40. The molecule has 1 heterocycles. The molecule has 0 aliphatic rings. The van der Waals surface area contributed by atoms with Gasteiger partial charge >= 0.3 is 0 Å². The van der Waals surface area contributed by atoms with E-state index >= 15 is 0 Å². The lowest BCUT2D eigenvalue weighted by atomic mass is 10.1. The van der Waals surface area contributed by atoms with Crippen LogP contribution in [0.15, 0.2) is 66.9 Å². The number of benzene rings is 2. The number of pyridine rings is 1. The fourth-order valence-corrected chi connectivity index (χ4v) is 3.16. The molecule has 0 spiro atoms. The maximum Gasteiger partial charge on any atom is 0.258 e. The summed E-state index contributed by atoms with van der Waals surface area (Å²) in [6, 6.07) is 16.6. The maximum absolute atomic E-state index is 12.8. The van der Waals surface area contributed by atoms with Gasteiger partial charge in [-0.05, 0) is 62.1 Å². The number of amides is 3. The zero-order valence-electron chi connectivity index (χ0n) is 19.2. The highest BCUT2D eigenvalue weighted by molar-refractivity contribution is 6.30. The minimum Gasteiger partial charge on any atom is -0.321 e. The predicted octanol–water partition coefficient (Wildman–Crippen LogP) is 4.15. The maximum atomic E-state index is 12.8. The van der Waals surface area contributed by atoms with Crippen LogP contribution in [0.4, 0.5) is 17.2 Å². The van der Waals surface area contributed by atoms with Crippen molar-refractivity contribution >= 4 is 46.5 Å². The summed E-state index contributed by atoms with van der Waals surface area (Å²) in [7, 11) is 3.58. The van der Waals surface area contributed by atoms with E-state index in [0.29, 0.717) is 34.3 Å². The predicted molar refractivity (Wildman–Crippen MR) is 135 cm³/mol. The quantitative estimate of drug-likeness (QED) is 0.506. The topological polar surface area (TPSA) is 94.6 Å². The zero-order chi connectivity index (χ0) is 24.7. The number of halogens is 1. The van der Waals surface area contributed by atoms with E-state index in [1.54, 1.807) is 72.6 Å². The van der Waals surface area contributed by atoms with Gasteiger partial charge in [-0.2, -0.15) is 0 Å².